The number of imidazole rings is 1. The van der Waals surface area contributed by atoms with E-state index < -0.39 is 0 Å². The fraction of sp³-hybridized carbons (Fsp3) is 0.238. The first kappa shape index (κ1) is 17.7. The van der Waals surface area contributed by atoms with Gasteiger partial charge < -0.3 is 9.47 Å². The van der Waals surface area contributed by atoms with Gasteiger partial charge in [-0.05, 0) is 48.7 Å². The van der Waals surface area contributed by atoms with E-state index in [1.165, 1.54) is 24.3 Å². The number of nitrogens with zero attached hydrogens (tertiary/aromatic N) is 3. The van der Waals surface area contributed by atoms with Gasteiger partial charge in [-0.3, -0.25) is 4.79 Å². The summed E-state index contributed by atoms with van der Waals surface area (Å²) in [4.78, 5) is 19.2. The molecule has 2 aromatic carbocycles. The van der Waals surface area contributed by atoms with Gasteiger partial charge in [-0.1, -0.05) is 29.8 Å². The Balaban J connectivity index is 1.55. The van der Waals surface area contributed by atoms with Crippen LogP contribution in [0.4, 0.5) is 4.39 Å². The quantitative estimate of drug-likeness (QED) is 0.627. The Morgan fingerprint density at radius 2 is 1.93 bits per heavy atom. The minimum Gasteiger partial charge on any atom is -0.329 e. The molecule has 0 saturated heterocycles. The number of aromatic nitrogens is 2. The topological polar surface area (TPSA) is 38.1 Å². The van der Waals surface area contributed by atoms with Gasteiger partial charge in [0.1, 0.15) is 11.6 Å². The van der Waals surface area contributed by atoms with E-state index >= 15 is 0 Å². The molecule has 1 aromatic heterocycles. The molecular weight excluding hydrogens is 365 g/mol. The van der Waals surface area contributed by atoms with Crippen LogP contribution >= 0.6 is 11.6 Å². The highest BCUT2D eigenvalue weighted by molar-refractivity contribution is 6.31. The van der Waals surface area contributed by atoms with Crippen LogP contribution in [-0.4, -0.2) is 26.4 Å². The lowest BCUT2D eigenvalue weighted by Gasteiger charge is -2.23. The van der Waals surface area contributed by atoms with Crippen LogP contribution in [-0.2, 0) is 13.1 Å². The normalized spacial score (nSPS) is 13.6. The lowest BCUT2D eigenvalue weighted by atomic mass is 10.2. The van der Waals surface area contributed by atoms with Crippen molar-refractivity contribution in [3.63, 3.8) is 0 Å². The average molecular weight is 384 g/mol. The van der Waals surface area contributed by atoms with E-state index in [9.17, 15) is 9.18 Å². The summed E-state index contributed by atoms with van der Waals surface area (Å²) in [7, 11) is 0. The maximum absolute atomic E-state index is 13.2. The van der Waals surface area contributed by atoms with Crippen molar-refractivity contribution < 1.29 is 9.18 Å². The van der Waals surface area contributed by atoms with Crippen molar-refractivity contribution in [2.45, 2.75) is 32.0 Å². The molecule has 27 heavy (non-hydrogen) atoms. The molecule has 4 nitrogen and oxygen atoms in total. The molecule has 0 aliphatic heterocycles. The Bertz CT molecular complexity index is 950. The second kappa shape index (κ2) is 7.53. The Kier molecular flexibility index (Phi) is 4.94. The van der Waals surface area contributed by atoms with Crippen LogP contribution in [0.3, 0.4) is 0 Å². The molecule has 0 atom stereocenters. The molecule has 0 unspecified atom stereocenters. The Hall–Kier alpha value is -2.66. The lowest BCUT2D eigenvalue weighted by Crippen LogP contribution is -2.33. The van der Waals surface area contributed by atoms with Crippen LogP contribution < -0.4 is 0 Å². The van der Waals surface area contributed by atoms with Crippen molar-refractivity contribution in [2.24, 2.45) is 0 Å². The standard InChI is InChI=1S/C21H19ClFN3O/c22-19-4-2-1-3-16(19)13-25-12-11-24-20(25)14-26(18-9-10-18)21(27)15-5-7-17(23)8-6-15/h1-8,11-12,18H,9-10,13-14H2. The van der Waals surface area contributed by atoms with Crippen LogP contribution in [0.25, 0.3) is 0 Å². The third-order valence-corrected chi connectivity index (χ3v) is 5.12. The summed E-state index contributed by atoms with van der Waals surface area (Å²) in [6.45, 7) is 1.01. The SMILES string of the molecule is O=C(c1ccc(F)cc1)N(Cc1nccn1Cc1ccccc1Cl)C1CC1. The molecule has 0 spiro atoms. The number of benzene rings is 2. The van der Waals surface area contributed by atoms with Crippen molar-refractivity contribution >= 4 is 17.5 Å². The highest BCUT2D eigenvalue weighted by atomic mass is 35.5. The van der Waals surface area contributed by atoms with Gasteiger partial charge in [0.05, 0.1) is 13.1 Å². The van der Waals surface area contributed by atoms with Gasteiger partial charge in [0.2, 0.25) is 0 Å². The molecular formula is C21H19ClFN3O. The maximum atomic E-state index is 13.2. The summed E-state index contributed by atoms with van der Waals surface area (Å²) in [5.74, 6) is 0.363. The zero-order chi connectivity index (χ0) is 18.8. The van der Waals surface area contributed by atoms with Crippen LogP contribution in [0.1, 0.15) is 34.6 Å². The molecule has 0 N–H and O–H groups in total. The highest BCUT2D eigenvalue weighted by Gasteiger charge is 2.34. The van der Waals surface area contributed by atoms with Crippen LogP contribution in [0.5, 0.6) is 0 Å². The largest absolute Gasteiger partial charge is 0.329 e. The van der Waals surface area contributed by atoms with E-state index in [4.69, 9.17) is 11.6 Å². The van der Waals surface area contributed by atoms with Crippen LogP contribution in [0, 0.1) is 5.82 Å². The van der Waals surface area contributed by atoms with Crippen LogP contribution in [0.15, 0.2) is 60.9 Å². The monoisotopic (exact) mass is 383 g/mol. The summed E-state index contributed by atoms with van der Waals surface area (Å²) in [5.41, 5.74) is 1.49. The van der Waals surface area contributed by atoms with E-state index in [1.807, 2.05) is 39.9 Å². The van der Waals surface area contributed by atoms with Crippen molar-refractivity contribution in [1.29, 1.82) is 0 Å². The molecule has 1 aliphatic rings. The Morgan fingerprint density at radius 3 is 2.63 bits per heavy atom. The van der Waals surface area contributed by atoms with E-state index in [0.29, 0.717) is 23.7 Å². The van der Waals surface area contributed by atoms with Gasteiger partial charge in [0, 0.05) is 29.0 Å². The fourth-order valence-electron chi connectivity index (χ4n) is 3.11. The first-order chi connectivity index (χ1) is 13.1. The van der Waals surface area contributed by atoms with Gasteiger partial charge in [-0.2, -0.15) is 0 Å². The molecule has 138 valence electrons. The molecule has 1 aliphatic carbocycles. The number of halogens is 2. The number of carbonyl (C=O) groups is 1. The molecule has 1 saturated carbocycles. The third kappa shape index (κ3) is 4.03. The Labute approximate surface area is 162 Å². The van der Waals surface area contributed by atoms with Crippen molar-refractivity contribution in [3.05, 3.63) is 88.7 Å². The van der Waals surface area contributed by atoms with Gasteiger partial charge in [0.25, 0.3) is 5.91 Å². The number of rotatable bonds is 6. The molecule has 4 rings (SSSR count). The van der Waals surface area contributed by atoms with E-state index in [1.54, 1.807) is 6.20 Å². The fourth-order valence-corrected chi connectivity index (χ4v) is 3.30. The molecule has 1 fully saturated rings. The summed E-state index contributed by atoms with van der Waals surface area (Å²) in [5, 5.41) is 0.707. The molecule has 1 heterocycles. The van der Waals surface area contributed by atoms with E-state index in [-0.39, 0.29) is 17.8 Å². The summed E-state index contributed by atoms with van der Waals surface area (Å²) in [6.07, 6.45) is 5.60. The molecule has 6 heteroatoms. The van der Waals surface area contributed by atoms with Crippen LogP contribution in [0.2, 0.25) is 5.02 Å². The third-order valence-electron chi connectivity index (χ3n) is 4.75. The number of carbonyl (C=O) groups excluding carboxylic acids is 1. The zero-order valence-electron chi connectivity index (χ0n) is 14.7. The lowest BCUT2D eigenvalue weighted by molar-refractivity contribution is 0.0723. The van der Waals surface area contributed by atoms with Crippen molar-refractivity contribution in [2.75, 3.05) is 0 Å². The van der Waals surface area contributed by atoms with Gasteiger partial charge >= 0.3 is 0 Å². The summed E-state index contributed by atoms with van der Waals surface area (Å²) < 4.78 is 15.2. The smallest absolute Gasteiger partial charge is 0.254 e. The van der Waals surface area contributed by atoms with Gasteiger partial charge in [-0.15, -0.1) is 0 Å². The first-order valence-corrected chi connectivity index (χ1v) is 9.29. The number of hydrogen-bond acceptors (Lipinski definition) is 2. The van der Waals surface area contributed by atoms with Crippen molar-refractivity contribution in [1.82, 2.24) is 14.5 Å². The zero-order valence-corrected chi connectivity index (χ0v) is 15.4. The second-order valence-electron chi connectivity index (χ2n) is 6.73. The predicted octanol–water partition coefficient (Wildman–Crippen LogP) is 4.53. The average Bonchev–Trinajstić information content (AvgIpc) is 3.42. The Morgan fingerprint density at radius 1 is 1.19 bits per heavy atom. The highest BCUT2D eigenvalue weighted by Crippen LogP contribution is 2.30. The molecule has 0 radical (unpaired) electrons. The molecule has 3 aromatic rings. The molecule has 1 amide bonds. The van der Waals surface area contributed by atoms with Crippen molar-refractivity contribution in [3.8, 4) is 0 Å². The number of amides is 1. The first-order valence-electron chi connectivity index (χ1n) is 8.92. The summed E-state index contributed by atoms with van der Waals surface area (Å²) in [6, 6.07) is 13.6. The van der Waals surface area contributed by atoms with E-state index in [2.05, 4.69) is 4.98 Å². The van der Waals surface area contributed by atoms with E-state index in [0.717, 1.165) is 24.2 Å². The second-order valence-corrected chi connectivity index (χ2v) is 7.14. The van der Waals surface area contributed by atoms with Gasteiger partial charge in [-0.25, -0.2) is 9.37 Å². The van der Waals surface area contributed by atoms with Gasteiger partial charge in [0.15, 0.2) is 0 Å². The number of hydrogen-bond donors (Lipinski definition) is 0. The minimum atomic E-state index is -0.347. The predicted molar refractivity (Wildman–Crippen MR) is 102 cm³/mol. The minimum absolute atomic E-state index is 0.0928. The summed E-state index contributed by atoms with van der Waals surface area (Å²) >= 11 is 6.27. The molecule has 0 bridgehead atoms. The maximum Gasteiger partial charge on any atom is 0.254 e.